The number of nitrogens with one attached hydrogen (secondary N) is 2. The molecule has 0 saturated carbocycles. The second-order valence-electron chi connectivity index (χ2n) is 5.38. The number of rotatable bonds is 4. The molecule has 0 aliphatic carbocycles. The molecule has 1 heterocycles. The van der Waals surface area contributed by atoms with Gasteiger partial charge in [0.15, 0.2) is 0 Å². The second-order valence-corrected chi connectivity index (χ2v) is 5.38. The number of aromatic nitrogens is 2. The van der Waals surface area contributed by atoms with Gasteiger partial charge in [-0.1, -0.05) is 17.7 Å². The quantitative estimate of drug-likeness (QED) is 0.901. The first-order valence-corrected chi connectivity index (χ1v) is 7.54. The molecule has 6 nitrogen and oxygen atoms in total. The lowest BCUT2D eigenvalue weighted by Gasteiger charge is -2.14. The molecule has 23 heavy (non-hydrogen) atoms. The second kappa shape index (κ2) is 7.09. The van der Waals surface area contributed by atoms with Gasteiger partial charge in [0, 0.05) is 5.69 Å². The number of ether oxygens (including phenoxy) is 1. The van der Waals surface area contributed by atoms with Gasteiger partial charge in [0.05, 0.1) is 23.7 Å². The lowest BCUT2D eigenvalue weighted by Crippen LogP contribution is -2.22. The number of benzene rings is 1. The monoisotopic (exact) mass is 314 g/mol. The summed E-state index contributed by atoms with van der Waals surface area (Å²) in [6.07, 6.45) is 0. The number of nitrogens with zero attached hydrogens (tertiary/aromatic N) is 2. The Balaban J connectivity index is 2.14. The molecular formula is C17H22N4O2. The van der Waals surface area contributed by atoms with Crippen molar-refractivity contribution < 1.29 is 9.53 Å². The van der Waals surface area contributed by atoms with Crippen LogP contribution in [0.4, 0.5) is 16.2 Å². The average Bonchev–Trinajstić information content (AvgIpc) is 2.46. The van der Waals surface area contributed by atoms with Crippen molar-refractivity contribution in [2.24, 2.45) is 0 Å². The fourth-order valence-corrected chi connectivity index (χ4v) is 2.28. The fraction of sp³-hybridized carbons (Fsp3) is 0.353. The van der Waals surface area contributed by atoms with Gasteiger partial charge in [0.25, 0.3) is 0 Å². The Kier molecular flexibility index (Phi) is 5.16. The van der Waals surface area contributed by atoms with E-state index in [0.717, 1.165) is 16.8 Å². The minimum atomic E-state index is -0.323. The molecule has 2 rings (SSSR count). The maximum atomic E-state index is 12.2. The van der Waals surface area contributed by atoms with E-state index in [2.05, 4.69) is 20.6 Å². The maximum absolute atomic E-state index is 12.2. The highest BCUT2D eigenvalue weighted by Gasteiger charge is 2.13. The van der Waals surface area contributed by atoms with Crippen LogP contribution < -0.4 is 15.4 Å². The molecule has 0 spiro atoms. The molecule has 1 aromatic heterocycles. The zero-order chi connectivity index (χ0) is 17.0. The predicted molar refractivity (Wildman–Crippen MR) is 91.2 cm³/mol. The van der Waals surface area contributed by atoms with Crippen LogP contribution >= 0.6 is 0 Å². The first kappa shape index (κ1) is 16.7. The van der Waals surface area contributed by atoms with Crippen molar-refractivity contribution in [2.75, 3.05) is 17.2 Å². The summed E-state index contributed by atoms with van der Waals surface area (Å²) >= 11 is 0. The summed E-state index contributed by atoms with van der Waals surface area (Å²) in [7, 11) is 0. The minimum Gasteiger partial charge on any atom is -0.464 e. The summed E-state index contributed by atoms with van der Waals surface area (Å²) in [6, 6.07) is 5.86. The highest BCUT2D eigenvalue weighted by atomic mass is 16.5. The number of amides is 2. The third kappa shape index (κ3) is 4.18. The third-order valence-corrected chi connectivity index (χ3v) is 3.39. The molecule has 0 saturated heterocycles. The van der Waals surface area contributed by atoms with Gasteiger partial charge in [-0.2, -0.15) is 9.97 Å². The maximum Gasteiger partial charge on any atom is 0.323 e. The van der Waals surface area contributed by atoms with Gasteiger partial charge in [-0.05, 0) is 46.2 Å². The van der Waals surface area contributed by atoms with Gasteiger partial charge in [0.2, 0.25) is 0 Å². The fourth-order valence-electron chi connectivity index (χ4n) is 2.28. The Labute approximate surface area is 136 Å². The van der Waals surface area contributed by atoms with Crippen LogP contribution in [0.5, 0.6) is 6.01 Å². The Morgan fingerprint density at radius 2 is 1.74 bits per heavy atom. The van der Waals surface area contributed by atoms with Crippen LogP contribution in [0.3, 0.4) is 0 Å². The van der Waals surface area contributed by atoms with Crippen LogP contribution in [-0.4, -0.2) is 22.6 Å². The first-order chi connectivity index (χ1) is 10.9. The van der Waals surface area contributed by atoms with Crippen LogP contribution in [0.2, 0.25) is 0 Å². The van der Waals surface area contributed by atoms with Gasteiger partial charge in [-0.15, -0.1) is 0 Å². The first-order valence-electron chi connectivity index (χ1n) is 7.54. The highest BCUT2D eigenvalue weighted by molar-refractivity contribution is 6.00. The van der Waals surface area contributed by atoms with E-state index >= 15 is 0 Å². The van der Waals surface area contributed by atoms with Gasteiger partial charge in [-0.3, -0.25) is 0 Å². The standard InChI is InChI=1S/C17H22N4O2/c1-6-23-17-18-12(4)15(13(5)19-17)21-16(22)20-14-8-7-10(2)9-11(14)3/h7-9H,6H2,1-5H3,(H2,20,21,22). The van der Waals surface area contributed by atoms with Crippen molar-refractivity contribution in [3.63, 3.8) is 0 Å². The Morgan fingerprint density at radius 3 is 2.30 bits per heavy atom. The third-order valence-electron chi connectivity index (χ3n) is 3.39. The molecule has 2 aromatic rings. The summed E-state index contributed by atoms with van der Waals surface area (Å²) in [6.45, 7) is 9.96. The number of hydrogen-bond donors (Lipinski definition) is 2. The molecule has 0 fully saturated rings. The Bertz CT molecular complexity index is 706. The summed E-state index contributed by atoms with van der Waals surface area (Å²) in [5, 5.41) is 5.65. The molecule has 1 aromatic carbocycles. The normalized spacial score (nSPS) is 10.3. The minimum absolute atomic E-state index is 0.322. The molecule has 0 unspecified atom stereocenters. The Morgan fingerprint density at radius 1 is 1.09 bits per heavy atom. The van der Waals surface area contributed by atoms with E-state index in [9.17, 15) is 4.79 Å². The molecule has 0 aliphatic heterocycles. The van der Waals surface area contributed by atoms with Crippen LogP contribution in [-0.2, 0) is 0 Å². The zero-order valence-electron chi connectivity index (χ0n) is 14.2. The van der Waals surface area contributed by atoms with Crippen LogP contribution in [0, 0.1) is 27.7 Å². The van der Waals surface area contributed by atoms with Crippen molar-refractivity contribution in [3.05, 3.63) is 40.7 Å². The summed E-state index contributed by atoms with van der Waals surface area (Å²) in [4.78, 5) is 20.7. The lowest BCUT2D eigenvalue weighted by atomic mass is 10.1. The van der Waals surface area contributed by atoms with E-state index in [1.807, 2.05) is 52.8 Å². The van der Waals surface area contributed by atoms with Crippen LogP contribution in [0.25, 0.3) is 0 Å². The number of urea groups is 1. The largest absolute Gasteiger partial charge is 0.464 e. The number of carbonyl (C=O) groups excluding carboxylic acids is 1. The van der Waals surface area contributed by atoms with E-state index in [-0.39, 0.29) is 6.03 Å². The van der Waals surface area contributed by atoms with E-state index in [0.29, 0.717) is 29.7 Å². The molecule has 2 amide bonds. The predicted octanol–water partition coefficient (Wildman–Crippen LogP) is 3.75. The summed E-state index contributed by atoms with van der Waals surface area (Å²) in [5.74, 6) is 0. The van der Waals surface area contributed by atoms with Gasteiger partial charge in [-0.25, -0.2) is 4.79 Å². The Hall–Kier alpha value is -2.63. The number of aryl methyl sites for hydroxylation is 4. The molecule has 0 aliphatic rings. The SMILES string of the molecule is CCOc1nc(C)c(NC(=O)Nc2ccc(C)cc2C)c(C)n1. The van der Waals surface area contributed by atoms with Crippen molar-refractivity contribution >= 4 is 17.4 Å². The highest BCUT2D eigenvalue weighted by Crippen LogP contribution is 2.21. The molecule has 2 N–H and O–H groups in total. The molecule has 0 bridgehead atoms. The van der Waals surface area contributed by atoms with E-state index in [1.54, 1.807) is 0 Å². The van der Waals surface area contributed by atoms with E-state index in [1.165, 1.54) is 0 Å². The smallest absolute Gasteiger partial charge is 0.323 e. The zero-order valence-corrected chi connectivity index (χ0v) is 14.2. The van der Waals surface area contributed by atoms with Crippen molar-refractivity contribution in [1.29, 1.82) is 0 Å². The van der Waals surface area contributed by atoms with Crippen LogP contribution in [0.1, 0.15) is 29.4 Å². The molecule has 0 atom stereocenters. The summed E-state index contributed by atoms with van der Waals surface area (Å²) < 4.78 is 5.30. The van der Waals surface area contributed by atoms with E-state index < -0.39 is 0 Å². The average molecular weight is 314 g/mol. The topological polar surface area (TPSA) is 76.1 Å². The molecule has 6 heteroatoms. The van der Waals surface area contributed by atoms with Crippen molar-refractivity contribution in [1.82, 2.24) is 9.97 Å². The summed E-state index contributed by atoms with van der Waals surface area (Å²) in [5.41, 5.74) is 4.86. The van der Waals surface area contributed by atoms with Crippen molar-refractivity contribution in [3.8, 4) is 6.01 Å². The van der Waals surface area contributed by atoms with Gasteiger partial charge >= 0.3 is 12.0 Å². The van der Waals surface area contributed by atoms with E-state index in [4.69, 9.17) is 4.74 Å². The number of carbonyl (C=O) groups is 1. The molecule has 0 radical (unpaired) electrons. The molecular weight excluding hydrogens is 292 g/mol. The van der Waals surface area contributed by atoms with Crippen molar-refractivity contribution in [2.45, 2.75) is 34.6 Å². The van der Waals surface area contributed by atoms with Gasteiger partial charge in [0.1, 0.15) is 0 Å². The lowest BCUT2D eigenvalue weighted by molar-refractivity contribution is 0.262. The number of hydrogen-bond acceptors (Lipinski definition) is 4. The van der Waals surface area contributed by atoms with Crippen LogP contribution in [0.15, 0.2) is 18.2 Å². The number of anilines is 2. The molecule has 122 valence electrons. The van der Waals surface area contributed by atoms with Gasteiger partial charge < -0.3 is 15.4 Å².